The predicted octanol–water partition coefficient (Wildman–Crippen LogP) is 4.21. The highest BCUT2D eigenvalue weighted by atomic mass is 16.3. The second-order valence-electron chi connectivity index (χ2n) is 4.71. The van der Waals surface area contributed by atoms with E-state index in [-0.39, 0.29) is 11.5 Å². The number of phenolic OH excluding ortho intramolecular Hbond substituents is 2. The van der Waals surface area contributed by atoms with Gasteiger partial charge in [0, 0.05) is 11.4 Å². The third kappa shape index (κ3) is 4.11. The molecule has 0 aliphatic carbocycles. The molecular weight excluding hydrogens is 264 g/mol. The minimum absolute atomic E-state index is 0.150. The average molecular weight is 282 g/mol. The fourth-order valence-corrected chi connectivity index (χ4v) is 1.92. The van der Waals surface area contributed by atoms with E-state index in [1.165, 1.54) is 0 Å². The molecule has 0 aliphatic rings. The van der Waals surface area contributed by atoms with Gasteiger partial charge in [-0.3, -0.25) is 0 Å². The van der Waals surface area contributed by atoms with Crippen molar-refractivity contribution in [2.24, 2.45) is 4.99 Å². The molecule has 21 heavy (non-hydrogen) atoms. The molecule has 0 heterocycles. The molecule has 2 aromatic carbocycles. The molecule has 2 rings (SSSR count). The van der Waals surface area contributed by atoms with Crippen LogP contribution in [0.1, 0.15) is 13.8 Å². The van der Waals surface area contributed by atoms with Crippen LogP contribution >= 0.6 is 0 Å². The van der Waals surface area contributed by atoms with Gasteiger partial charge in [0.05, 0.1) is 5.69 Å². The molecule has 0 atom stereocenters. The first-order valence-corrected chi connectivity index (χ1v) is 6.63. The van der Waals surface area contributed by atoms with E-state index in [0.717, 1.165) is 11.4 Å². The number of hydrogen-bond acceptors (Lipinski definition) is 4. The second-order valence-corrected chi connectivity index (χ2v) is 4.71. The van der Waals surface area contributed by atoms with E-state index in [9.17, 15) is 10.2 Å². The van der Waals surface area contributed by atoms with Gasteiger partial charge in [0.25, 0.3) is 0 Å². The molecule has 2 aromatic rings. The Bertz CT molecular complexity index is 691. The molecule has 0 amide bonds. The summed E-state index contributed by atoms with van der Waals surface area (Å²) in [5, 5.41) is 22.5. The number of aliphatic imine (C=N–C) groups is 1. The molecule has 0 saturated carbocycles. The SMILES string of the molecule is CC(/C=C(\C)Nc1ccccc1O)=Nc1ccccc1O. The highest BCUT2D eigenvalue weighted by Crippen LogP contribution is 2.26. The van der Waals surface area contributed by atoms with Gasteiger partial charge in [-0.15, -0.1) is 0 Å². The van der Waals surface area contributed by atoms with Crippen LogP contribution in [-0.4, -0.2) is 15.9 Å². The first-order chi connectivity index (χ1) is 10.1. The third-order valence-electron chi connectivity index (χ3n) is 2.84. The average Bonchev–Trinajstić information content (AvgIpc) is 2.44. The summed E-state index contributed by atoms with van der Waals surface area (Å²) in [4.78, 5) is 4.35. The van der Waals surface area contributed by atoms with Crippen LogP contribution in [0, 0.1) is 0 Å². The number of allylic oxidation sites excluding steroid dienone is 2. The van der Waals surface area contributed by atoms with Gasteiger partial charge in [-0.2, -0.15) is 0 Å². The zero-order valence-corrected chi connectivity index (χ0v) is 12.0. The first kappa shape index (κ1) is 14.7. The maximum atomic E-state index is 9.71. The van der Waals surface area contributed by atoms with Crippen LogP contribution in [0.25, 0.3) is 0 Å². The van der Waals surface area contributed by atoms with E-state index in [1.54, 1.807) is 36.4 Å². The molecular formula is C17H18N2O2. The molecule has 0 aromatic heterocycles. The summed E-state index contributed by atoms with van der Waals surface area (Å²) in [5.74, 6) is 0.345. The Hall–Kier alpha value is -2.75. The van der Waals surface area contributed by atoms with Crippen molar-refractivity contribution in [2.75, 3.05) is 5.32 Å². The molecule has 108 valence electrons. The molecule has 4 heteroatoms. The predicted molar refractivity (Wildman–Crippen MR) is 86.4 cm³/mol. The topological polar surface area (TPSA) is 64.8 Å². The minimum Gasteiger partial charge on any atom is -0.506 e. The van der Waals surface area contributed by atoms with Gasteiger partial charge >= 0.3 is 0 Å². The highest BCUT2D eigenvalue weighted by Gasteiger charge is 2.00. The van der Waals surface area contributed by atoms with Crippen LogP contribution in [0.2, 0.25) is 0 Å². The first-order valence-electron chi connectivity index (χ1n) is 6.63. The lowest BCUT2D eigenvalue weighted by Crippen LogP contribution is -1.98. The minimum atomic E-state index is 0.150. The summed E-state index contributed by atoms with van der Waals surface area (Å²) in [6.45, 7) is 3.73. The maximum Gasteiger partial charge on any atom is 0.141 e. The summed E-state index contributed by atoms with van der Waals surface area (Å²) >= 11 is 0. The molecule has 0 radical (unpaired) electrons. The van der Waals surface area contributed by atoms with E-state index >= 15 is 0 Å². The molecule has 0 fully saturated rings. The lowest BCUT2D eigenvalue weighted by molar-refractivity contribution is 0.476. The fraction of sp³-hybridized carbons (Fsp3) is 0.118. The van der Waals surface area contributed by atoms with Crippen molar-refractivity contribution in [1.82, 2.24) is 0 Å². The number of para-hydroxylation sites is 4. The Morgan fingerprint density at radius 3 is 2.24 bits per heavy atom. The molecule has 0 aliphatic heterocycles. The van der Waals surface area contributed by atoms with Crippen molar-refractivity contribution < 1.29 is 10.2 Å². The van der Waals surface area contributed by atoms with E-state index in [4.69, 9.17) is 0 Å². The highest BCUT2D eigenvalue weighted by molar-refractivity contribution is 5.96. The number of anilines is 1. The van der Waals surface area contributed by atoms with Crippen molar-refractivity contribution in [3.05, 3.63) is 60.3 Å². The van der Waals surface area contributed by atoms with Crippen LogP contribution in [0.15, 0.2) is 65.3 Å². The van der Waals surface area contributed by atoms with Crippen molar-refractivity contribution in [3.63, 3.8) is 0 Å². The molecule has 0 saturated heterocycles. The summed E-state index contributed by atoms with van der Waals surface area (Å²) < 4.78 is 0. The van der Waals surface area contributed by atoms with E-state index in [2.05, 4.69) is 10.3 Å². The largest absolute Gasteiger partial charge is 0.506 e. The fourth-order valence-electron chi connectivity index (χ4n) is 1.92. The molecule has 0 unspecified atom stereocenters. The van der Waals surface area contributed by atoms with Gasteiger partial charge in [0.15, 0.2) is 0 Å². The Morgan fingerprint density at radius 1 is 0.952 bits per heavy atom. The lowest BCUT2D eigenvalue weighted by Gasteiger charge is -2.08. The Balaban J connectivity index is 2.15. The molecule has 3 N–H and O–H groups in total. The van der Waals surface area contributed by atoms with Crippen LogP contribution in [0.4, 0.5) is 11.4 Å². The standard InChI is InChI=1S/C17H18N2O2/c1-12(18-14-7-3-5-9-16(14)20)11-13(2)19-15-8-4-6-10-17(15)21/h3-11,18,20-21H,1-2H3/b12-11+,19-13?. The maximum absolute atomic E-state index is 9.71. The second kappa shape index (κ2) is 6.61. The summed E-state index contributed by atoms with van der Waals surface area (Å²) in [6.07, 6.45) is 1.85. The number of hydrogen-bond donors (Lipinski definition) is 3. The smallest absolute Gasteiger partial charge is 0.141 e. The van der Waals surface area contributed by atoms with Gasteiger partial charge in [-0.1, -0.05) is 24.3 Å². The van der Waals surface area contributed by atoms with Gasteiger partial charge in [0.2, 0.25) is 0 Å². The summed E-state index contributed by atoms with van der Waals surface area (Å²) in [6, 6.07) is 14.0. The van der Waals surface area contributed by atoms with Crippen LogP contribution in [-0.2, 0) is 0 Å². The molecule has 0 bridgehead atoms. The molecule has 4 nitrogen and oxygen atoms in total. The lowest BCUT2D eigenvalue weighted by atomic mass is 10.2. The summed E-state index contributed by atoms with van der Waals surface area (Å²) in [5.41, 5.74) is 2.76. The number of rotatable bonds is 4. The van der Waals surface area contributed by atoms with E-state index in [0.29, 0.717) is 11.4 Å². The van der Waals surface area contributed by atoms with Gasteiger partial charge in [-0.25, -0.2) is 4.99 Å². The third-order valence-corrected chi connectivity index (χ3v) is 2.84. The monoisotopic (exact) mass is 282 g/mol. The number of benzene rings is 2. The number of nitrogens with one attached hydrogen (secondary N) is 1. The van der Waals surface area contributed by atoms with E-state index in [1.807, 2.05) is 32.1 Å². The van der Waals surface area contributed by atoms with Gasteiger partial charge < -0.3 is 15.5 Å². The van der Waals surface area contributed by atoms with Gasteiger partial charge in [-0.05, 0) is 44.2 Å². The van der Waals surface area contributed by atoms with Crippen molar-refractivity contribution in [2.45, 2.75) is 13.8 Å². The van der Waals surface area contributed by atoms with Crippen LogP contribution < -0.4 is 5.32 Å². The Labute approximate surface area is 124 Å². The summed E-state index contributed by atoms with van der Waals surface area (Å²) in [7, 11) is 0. The van der Waals surface area contributed by atoms with Crippen molar-refractivity contribution in [3.8, 4) is 11.5 Å². The Kier molecular flexibility index (Phi) is 4.61. The molecule has 0 spiro atoms. The van der Waals surface area contributed by atoms with Crippen molar-refractivity contribution >= 4 is 17.1 Å². The zero-order valence-electron chi connectivity index (χ0n) is 12.0. The van der Waals surface area contributed by atoms with Gasteiger partial charge in [0.1, 0.15) is 17.2 Å². The quantitative estimate of drug-likeness (QED) is 0.581. The van der Waals surface area contributed by atoms with Crippen molar-refractivity contribution in [1.29, 1.82) is 0 Å². The number of aromatic hydroxyl groups is 2. The van der Waals surface area contributed by atoms with E-state index < -0.39 is 0 Å². The number of nitrogens with zero attached hydrogens (tertiary/aromatic N) is 1. The van der Waals surface area contributed by atoms with Crippen LogP contribution in [0.5, 0.6) is 11.5 Å². The van der Waals surface area contributed by atoms with Crippen LogP contribution in [0.3, 0.4) is 0 Å². The normalized spacial score (nSPS) is 12.3. The Morgan fingerprint density at radius 2 is 1.57 bits per heavy atom. The zero-order chi connectivity index (χ0) is 15.2. The number of phenols is 2.